The molecule has 0 aliphatic carbocycles. The lowest BCUT2D eigenvalue weighted by Gasteiger charge is -2.20. The minimum absolute atomic E-state index is 0. The Morgan fingerprint density at radius 2 is 1.92 bits per heavy atom. The number of likely N-dealkylation sites (N-methyl/N-ethyl adjacent to an activating group) is 1. The van der Waals surface area contributed by atoms with E-state index in [2.05, 4.69) is 10.0 Å². The highest BCUT2D eigenvalue weighted by atomic mass is 35.5. The van der Waals surface area contributed by atoms with Crippen molar-refractivity contribution in [1.29, 1.82) is 0 Å². The van der Waals surface area contributed by atoms with Crippen molar-refractivity contribution in [3.63, 3.8) is 0 Å². The fourth-order valence-electron chi connectivity index (χ4n) is 1.63. The maximum absolute atomic E-state index is 12.0. The Bertz CT molecular complexity index is 612. The maximum atomic E-state index is 12.0. The molecule has 0 aliphatic heterocycles. The molecule has 0 aromatic heterocycles. The van der Waals surface area contributed by atoms with E-state index in [-0.39, 0.29) is 61.3 Å². The molecule has 0 atom stereocenters. The second kappa shape index (κ2) is 11.6. The van der Waals surface area contributed by atoms with E-state index in [9.17, 15) is 13.2 Å². The van der Waals surface area contributed by atoms with Gasteiger partial charge in [-0.1, -0.05) is 6.07 Å². The van der Waals surface area contributed by atoms with Gasteiger partial charge in [0.25, 0.3) is 0 Å². The summed E-state index contributed by atoms with van der Waals surface area (Å²) in [6.07, 6.45) is 0. The van der Waals surface area contributed by atoms with E-state index < -0.39 is 10.0 Å². The molecule has 1 aromatic carbocycles. The molecule has 7 nitrogen and oxygen atoms in total. The highest BCUT2D eigenvalue weighted by Gasteiger charge is 2.14. The van der Waals surface area contributed by atoms with E-state index >= 15 is 0 Å². The van der Waals surface area contributed by atoms with E-state index in [1.807, 2.05) is 25.8 Å². The van der Waals surface area contributed by atoms with Crippen molar-refractivity contribution in [2.24, 2.45) is 5.73 Å². The number of carbonyl (C=O) groups excluding carboxylic acids is 1. The van der Waals surface area contributed by atoms with Crippen molar-refractivity contribution in [2.75, 3.05) is 32.0 Å². The average Bonchev–Trinajstić information content (AvgIpc) is 2.45. The molecule has 1 aromatic rings. The van der Waals surface area contributed by atoms with E-state index in [1.54, 1.807) is 12.1 Å². The van der Waals surface area contributed by atoms with Crippen LogP contribution in [0.15, 0.2) is 29.2 Å². The number of benzene rings is 1. The molecule has 0 fully saturated rings. The van der Waals surface area contributed by atoms with Crippen molar-refractivity contribution >= 4 is 46.4 Å². The van der Waals surface area contributed by atoms with Crippen LogP contribution in [0, 0.1) is 0 Å². The van der Waals surface area contributed by atoms with Gasteiger partial charge in [0.1, 0.15) is 0 Å². The molecule has 0 unspecified atom stereocenters. The zero-order valence-corrected chi connectivity index (χ0v) is 16.4. The van der Waals surface area contributed by atoms with Crippen LogP contribution in [0.4, 0.5) is 5.69 Å². The van der Waals surface area contributed by atoms with Gasteiger partial charge in [0.15, 0.2) is 0 Å². The van der Waals surface area contributed by atoms with Gasteiger partial charge < -0.3 is 11.1 Å². The Morgan fingerprint density at radius 3 is 2.46 bits per heavy atom. The summed E-state index contributed by atoms with van der Waals surface area (Å²) in [6.45, 7) is 4.60. The summed E-state index contributed by atoms with van der Waals surface area (Å²) in [5, 5.41) is 2.70. The van der Waals surface area contributed by atoms with Crippen LogP contribution in [0.25, 0.3) is 0 Å². The van der Waals surface area contributed by atoms with Crippen LogP contribution in [0.3, 0.4) is 0 Å². The Labute approximate surface area is 156 Å². The standard InChI is InChI=1S/C14H24N4O3S.2ClH/c1-11(2)18(3)10-14(19)17-12-5-4-6-13(9-12)22(20,21)16-8-7-15;;/h4-6,9,11,16H,7-8,10,15H2,1-3H3,(H,17,19);2*1H. The van der Waals surface area contributed by atoms with Crippen LogP contribution < -0.4 is 15.8 Å². The first-order chi connectivity index (χ1) is 10.3. The number of carbonyl (C=O) groups is 1. The van der Waals surface area contributed by atoms with Crippen LogP contribution in [0.1, 0.15) is 13.8 Å². The predicted octanol–water partition coefficient (Wildman–Crippen LogP) is 1.05. The largest absolute Gasteiger partial charge is 0.329 e. The highest BCUT2D eigenvalue weighted by Crippen LogP contribution is 2.15. The molecule has 0 heterocycles. The van der Waals surface area contributed by atoms with Gasteiger partial charge in [0, 0.05) is 24.8 Å². The topological polar surface area (TPSA) is 105 Å². The van der Waals surface area contributed by atoms with Crippen molar-refractivity contribution in [3.05, 3.63) is 24.3 Å². The highest BCUT2D eigenvalue weighted by molar-refractivity contribution is 7.89. The number of halogens is 2. The number of amides is 1. The van der Waals surface area contributed by atoms with Crippen molar-refractivity contribution in [3.8, 4) is 0 Å². The Balaban J connectivity index is 0. The number of nitrogens with one attached hydrogen (secondary N) is 2. The lowest BCUT2D eigenvalue weighted by molar-refractivity contribution is -0.117. The third kappa shape index (κ3) is 8.27. The van der Waals surface area contributed by atoms with Crippen LogP contribution in [-0.4, -0.2) is 51.9 Å². The normalized spacial score (nSPS) is 10.9. The van der Waals surface area contributed by atoms with Gasteiger partial charge in [0.05, 0.1) is 11.4 Å². The van der Waals surface area contributed by atoms with Crippen molar-refractivity contribution in [2.45, 2.75) is 24.8 Å². The van der Waals surface area contributed by atoms with E-state index in [4.69, 9.17) is 5.73 Å². The Morgan fingerprint density at radius 1 is 1.29 bits per heavy atom. The SMILES string of the molecule is CC(C)N(C)CC(=O)Nc1cccc(S(=O)(=O)NCCN)c1.Cl.Cl. The van der Waals surface area contributed by atoms with E-state index in [1.165, 1.54) is 12.1 Å². The molecule has 0 saturated carbocycles. The van der Waals surface area contributed by atoms with E-state index in [0.29, 0.717) is 5.69 Å². The molecule has 0 saturated heterocycles. The molecule has 0 bridgehead atoms. The molecular formula is C14H26Cl2N4O3S. The van der Waals surface area contributed by atoms with E-state index in [0.717, 1.165) is 0 Å². The minimum atomic E-state index is -3.61. The monoisotopic (exact) mass is 400 g/mol. The second-order valence-electron chi connectivity index (χ2n) is 5.27. The first-order valence-electron chi connectivity index (χ1n) is 7.06. The Kier molecular flexibility index (Phi) is 12.3. The second-order valence-corrected chi connectivity index (χ2v) is 7.04. The van der Waals surface area contributed by atoms with Gasteiger partial charge in [-0.15, -0.1) is 24.8 Å². The molecular weight excluding hydrogens is 375 g/mol. The quantitative estimate of drug-likeness (QED) is 0.604. The molecule has 140 valence electrons. The predicted molar refractivity (Wildman–Crippen MR) is 102 cm³/mol. The molecule has 0 spiro atoms. The maximum Gasteiger partial charge on any atom is 0.240 e. The summed E-state index contributed by atoms with van der Waals surface area (Å²) in [6, 6.07) is 6.37. The number of nitrogens with two attached hydrogens (primary N) is 1. The number of sulfonamides is 1. The first-order valence-corrected chi connectivity index (χ1v) is 8.54. The van der Waals surface area contributed by atoms with Gasteiger partial charge in [-0.05, 0) is 39.1 Å². The van der Waals surface area contributed by atoms with Crippen LogP contribution in [0.2, 0.25) is 0 Å². The van der Waals surface area contributed by atoms with Gasteiger partial charge in [-0.3, -0.25) is 9.69 Å². The third-order valence-electron chi connectivity index (χ3n) is 3.14. The zero-order valence-electron chi connectivity index (χ0n) is 14.0. The summed E-state index contributed by atoms with van der Waals surface area (Å²) < 4.78 is 26.4. The van der Waals surface area contributed by atoms with Crippen LogP contribution in [0.5, 0.6) is 0 Å². The Hall–Kier alpha value is -0.900. The summed E-state index contributed by atoms with van der Waals surface area (Å²) in [5.41, 5.74) is 5.73. The third-order valence-corrected chi connectivity index (χ3v) is 4.60. The summed E-state index contributed by atoms with van der Waals surface area (Å²) >= 11 is 0. The molecule has 1 amide bonds. The molecule has 24 heavy (non-hydrogen) atoms. The van der Waals surface area contributed by atoms with Gasteiger partial charge in [-0.2, -0.15) is 0 Å². The smallest absolute Gasteiger partial charge is 0.240 e. The summed E-state index contributed by atoms with van der Waals surface area (Å²) in [7, 11) is -1.76. The number of rotatable bonds is 8. The lowest BCUT2D eigenvalue weighted by atomic mass is 10.3. The zero-order chi connectivity index (χ0) is 16.8. The van der Waals surface area contributed by atoms with Gasteiger partial charge in [-0.25, -0.2) is 13.1 Å². The van der Waals surface area contributed by atoms with Crippen LogP contribution >= 0.6 is 24.8 Å². The van der Waals surface area contributed by atoms with Crippen LogP contribution in [-0.2, 0) is 14.8 Å². The number of nitrogens with zero attached hydrogens (tertiary/aromatic N) is 1. The first kappa shape index (κ1) is 25.3. The summed E-state index contributed by atoms with van der Waals surface area (Å²) in [4.78, 5) is 13.9. The summed E-state index contributed by atoms with van der Waals surface area (Å²) in [5.74, 6) is -0.194. The lowest BCUT2D eigenvalue weighted by Crippen LogP contribution is -2.34. The average molecular weight is 401 g/mol. The minimum Gasteiger partial charge on any atom is -0.329 e. The fraction of sp³-hybridized carbons (Fsp3) is 0.500. The van der Waals surface area contributed by atoms with Crippen molar-refractivity contribution in [1.82, 2.24) is 9.62 Å². The van der Waals surface area contributed by atoms with Crippen molar-refractivity contribution < 1.29 is 13.2 Å². The molecule has 4 N–H and O–H groups in total. The number of hydrogen-bond donors (Lipinski definition) is 3. The number of anilines is 1. The van der Waals surface area contributed by atoms with Gasteiger partial charge >= 0.3 is 0 Å². The number of hydrogen-bond acceptors (Lipinski definition) is 5. The van der Waals surface area contributed by atoms with Gasteiger partial charge in [0.2, 0.25) is 15.9 Å². The molecule has 1 rings (SSSR count). The molecule has 10 heteroatoms. The fourth-order valence-corrected chi connectivity index (χ4v) is 2.72. The molecule has 0 aliphatic rings. The molecule has 0 radical (unpaired) electrons.